The molecule has 8 nitrogen and oxygen atoms in total. The van der Waals surface area contributed by atoms with Crippen LogP contribution in [-0.2, 0) is 11.3 Å². The van der Waals surface area contributed by atoms with E-state index >= 15 is 0 Å². The summed E-state index contributed by atoms with van der Waals surface area (Å²) in [6.07, 6.45) is 3.19. The third-order valence-corrected chi connectivity index (χ3v) is 4.40. The number of aromatic nitrogens is 3. The van der Waals surface area contributed by atoms with E-state index in [0.717, 1.165) is 0 Å². The summed E-state index contributed by atoms with van der Waals surface area (Å²) in [6.45, 7) is 5.49. The van der Waals surface area contributed by atoms with Crippen LogP contribution in [0.1, 0.15) is 41.5 Å². The van der Waals surface area contributed by atoms with E-state index in [1.165, 1.54) is 11.6 Å². The van der Waals surface area contributed by atoms with Crippen LogP contribution in [0.15, 0.2) is 53.6 Å². The number of hydrogen-bond donors (Lipinski definition) is 1. The Kier molecular flexibility index (Phi) is 6.36. The van der Waals surface area contributed by atoms with Gasteiger partial charge in [-0.15, -0.1) is 0 Å². The molecule has 3 aromatic rings. The van der Waals surface area contributed by atoms with E-state index in [4.69, 9.17) is 4.74 Å². The number of benzene rings is 1. The molecule has 2 heterocycles. The van der Waals surface area contributed by atoms with Crippen molar-refractivity contribution < 1.29 is 14.3 Å². The second kappa shape index (κ2) is 9.13. The van der Waals surface area contributed by atoms with Crippen LogP contribution in [0.3, 0.4) is 0 Å². The minimum absolute atomic E-state index is 0.104. The van der Waals surface area contributed by atoms with Crippen molar-refractivity contribution in [1.29, 1.82) is 0 Å². The molecule has 0 saturated heterocycles. The van der Waals surface area contributed by atoms with Crippen LogP contribution in [-0.4, -0.2) is 33.1 Å². The quantitative estimate of drug-likeness (QED) is 0.473. The van der Waals surface area contributed by atoms with Crippen molar-refractivity contribution in [1.82, 2.24) is 14.8 Å². The highest BCUT2D eigenvalue weighted by atomic mass is 16.5. The first-order chi connectivity index (χ1) is 14.5. The van der Waals surface area contributed by atoms with Crippen molar-refractivity contribution in [2.45, 2.75) is 27.3 Å². The number of ketones is 1. The van der Waals surface area contributed by atoms with Crippen molar-refractivity contribution in [3.63, 3.8) is 0 Å². The number of nitrogens with one attached hydrogen (secondary N) is 1. The van der Waals surface area contributed by atoms with Crippen molar-refractivity contribution in [3.05, 3.63) is 70.3 Å². The van der Waals surface area contributed by atoms with Gasteiger partial charge in [0, 0.05) is 30.2 Å². The third-order valence-electron chi connectivity index (χ3n) is 4.40. The Hall–Kier alpha value is -3.81. The number of esters is 1. The van der Waals surface area contributed by atoms with Gasteiger partial charge in [0.05, 0.1) is 17.7 Å². The fourth-order valence-corrected chi connectivity index (χ4v) is 3.04. The molecule has 0 saturated carbocycles. The molecule has 0 radical (unpaired) electrons. The molecule has 0 aliphatic rings. The first-order valence-electron chi connectivity index (χ1n) is 9.56. The Labute approximate surface area is 173 Å². The van der Waals surface area contributed by atoms with Crippen LogP contribution in [0.25, 0.3) is 11.3 Å². The molecule has 8 heteroatoms. The summed E-state index contributed by atoms with van der Waals surface area (Å²) >= 11 is 0. The lowest BCUT2D eigenvalue weighted by atomic mass is 10.0. The van der Waals surface area contributed by atoms with Gasteiger partial charge in [-0.25, -0.2) is 9.48 Å². The average molecular weight is 406 g/mol. The van der Waals surface area contributed by atoms with Gasteiger partial charge in [-0.2, -0.15) is 5.10 Å². The molecule has 154 valence electrons. The number of hydrogen-bond acceptors (Lipinski definition) is 7. The normalized spacial score (nSPS) is 10.5. The second-order valence-electron chi connectivity index (χ2n) is 6.44. The zero-order valence-electron chi connectivity index (χ0n) is 17.0. The van der Waals surface area contributed by atoms with Gasteiger partial charge < -0.3 is 10.1 Å². The van der Waals surface area contributed by atoms with E-state index in [1.54, 1.807) is 62.6 Å². The molecule has 0 aliphatic carbocycles. The molecular formula is C22H22N4O4. The summed E-state index contributed by atoms with van der Waals surface area (Å²) < 4.78 is 6.32. The van der Waals surface area contributed by atoms with E-state index < -0.39 is 11.5 Å². The van der Waals surface area contributed by atoms with Crippen LogP contribution in [0.4, 0.5) is 11.4 Å². The molecule has 0 amide bonds. The Morgan fingerprint density at radius 2 is 1.87 bits per heavy atom. The molecule has 30 heavy (non-hydrogen) atoms. The number of nitrogens with zero attached hydrogens (tertiary/aromatic N) is 3. The monoisotopic (exact) mass is 406 g/mol. The van der Waals surface area contributed by atoms with Crippen LogP contribution in [0.2, 0.25) is 0 Å². The number of ether oxygens (including phenoxy) is 1. The van der Waals surface area contributed by atoms with E-state index in [-0.39, 0.29) is 23.6 Å². The van der Waals surface area contributed by atoms with Gasteiger partial charge in [0.1, 0.15) is 11.4 Å². The molecular weight excluding hydrogens is 384 g/mol. The second-order valence-corrected chi connectivity index (χ2v) is 6.44. The first kappa shape index (κ1) is 20.9. The summed E-state index contributed by atoms with van der Waals surface area (Å²) in [6, 6.07) is 10.0. The maximum Gasteiger partial charge on any atom is 0.338 e. The lowest BCUT2D eigenvalue weighted by molar-refractivity contribution is 0.0526. The molecule has 1 N–H and O–H groups in total. The van der Waals surface area contributed by atoms with Gasteiger partial charge in [0.2, 0.25) is 0 Å². The zero-order chi connectivity index (χ0) is 21.7. The van der Waals surface area contributed by atoms with Crippen LogP contribution >= 0.6 is 0 Å². The molecule has 3 rings (SSSR count). The third kappa shape index (κ3) is 4.27. The number of carbonyl (C=O) groups is 2. The van der Waals surface area contributed by atoms with Gasteiger partial charge in [0.15, 0.2) is 5.78 Å². The number of anilines is 2. The Morgan fingerprint density at radius 1 is 1.13 bits per heavy atom. The Bertz CT molecular complexity index is 1140. The van der Waals surface area contributed by atoms with Gasteiger partial charge >= 0.3 is 5.97 Å². The highest BCUT2D eigenvalue weighted by Crippen LogP contribution is 2.27. The number of aryl methyl sites for hydroxylation is 1. The predicted octanol–water partition coefficient (Wildman–Crippen LogP) is 3.45. The lowest BCUT2D eigenvalue weighted by Crippen LogP contribution is -2.28. The lowest BCUT2D eigenvalue weighted by Gasteiger charge is -2.16. The number of rotatable bonds is 7. The zero-order valence-corrected chi connectivity index (χ0v) is 17.0. The predicted molar refractivity (Wildman–Crippen MR) is 113 cm³/mol. The number of carbonyl (C=O) groups excluding carboxylic acids is 2. The fraction of sp³-hybridized carbons (Fsp3) is 0.227. The van der Waals surface area contributed by atoms with Gasteiger partial charge in [-0.1, -0.05) is 6.07 Å². The molecule has 0 unspecified atom stereocenters. The maximum absolute atomic E-state index is 13.0. The van der Waals surface area contributed by atoms with Crippen molar-refractivity contribution in [3.8, 4) is 11.3 Å². The van der Waals surface area contributed by atoms with Crippen LogP contribution in [0.5, 0.6) is 0 Å². The molecule has 0 bridgehead atoms. The molecule has 1 aromatic carbocycles. The molecule has 0 atom stereocenters. The molecule has 2 aromatic heterocycles. The summed E-state index contributed by atoms with van der Waals surface area (Å²) in [5.41, 5.74) is 1.72. The molecule has 0 aliphatic heterocycles. The topological polar surface area (TPSA) is 103 Å². The van der Waals surface area contributed by atoms with E-state index in [9.17, 15) is 14.4 Å². The average Bonchev–Trinajstić information content (AvgIpc) is 2.75. The highest BCUT2D eigenvalue weighted by Gasteiger charge is 2.22. The van der Waals surface area contributed by atoms with Gasteiger partial charge in [0.25, 0.3) is 5.56 Å². The largest absolute Gasteiger partial charge is 0.462 e. The van der Waals surface area contributed by atoms with Crippen molar-refractivity contribution >= 4 is 23.1 Å². The van der Waals surface area contributed by atoms with E-state index in [1.807, 2.05) is 0 Å². The van der Waals surface area contributed by atoms with Crippen molar-refractivity contribution in [2.24, 2.45) is 0 Å². The SMILES string of the molecule is CCOC(=O)c1cccc(Nc2c(C(C)=O)c(-c3ccncc3)nn(CC)c2=O)c1. The smallest absolute Gasteiger partial charge is 0.338 e. The molecule has 0 fully saturated rings. The highest BCUT2D eigenvalue weighted by molar-refractivity contribution is 6.05. The van der Waals surface area contributed by atoms with E-state index in [0.29, 0.717) is 29.1 Å². The standard InChI is InChI=1S/C22H22N4O4/c1-4-26-21(28)20(24-17-8-6-7-16(13-17)22(29)30-5-2)18(14(3)27)19(25-26)15-9-11-23-12-10-15/h6-13,24H,4-5H2,1-3H3. The Morgan fingerprint density at radius 3 is 2.50 bits per heavy atom. The van der Waals surface area contributed by atoms with Crippen molar-refractivity contribution in [2.75, 3.05) is 11.9 Å². The summed E-state index contributed by atoms with van der Waals surface area (Å²) in [5.74, 6) is -0.773. The van der Waals surface area contributed by atoms with Crippen LogP contribution in [0, 0.1) is 0 Å². The fourth-order valence-electron chi connectivity index (χ4n) is 3.04. The summed E-state index contributed by atoms with van der Waals surface area (Å²) in [7, 11) is 0. The number of pyridine rings is 1. The number of Topliss-reactive ketones (excluding diaryl/α,β-unsaturated/α-hetero) is 1. The maximum atomic E-state index is 13.0. The van der Waals surface area contributed by atoms with Gasteiger partial charge in [-0.05, 0) is 51.1 Å². The minimum atomic E-state index is -0.467. The summed E-state index contributed by atoms with van der Waals surface area (Å²) in [4.78, 5) is 41.6. The minimum Gasteiger partial charge on any atom is -0.462 e. The van der Waals surface area contributed by atoms with E-state index in [2.05, 4.69) is 15.4 Å². The Balaban J connectivity index is 2.17. The van der Waals surface area contributed by atoms with Gasteiger partial charge in [-0.3, -0.25) is 14.6 Å². The molecule has 0 spiro atoms. The summed E-state index contributed by atoms with van der Waals surface area (Å²) in [5, 5.41) is 7.42. The first-order valence-corrected chi connectivity index (χ1v) is 9.56. The van der Waals surface area contributed by atoms with Crippen LogP contribution < -0.4 is 10.9 Å².